The Morgan fingerprint density at radius 2 is 1.35 bits per heavy atom. The van der Waals surface area contributed by atoms with Crippen LogP contribution in [0.25, 0.3) is 0 Å². The van der Waals surface area contributed by atoms with Gasteiger partial charge in [0.15, 0.2) is 0 Å². The number of nitrogens with zero attached hydrogens (tertiary/aromatic N) is 1. The quantitative estimate of drug-likeness (QED) is 0.123. The summed E-state index contributed by atoms with van der Waals surface area (Å²) in [6.07, 6.45) is 3.15. The Bertz CT molecular complexity index is 1270. The maximum Gasteiger partial charge on any atom is 0.328 e. The summed E-state index contributed by atoms with van der Waals surface area (Å²) in [6.45, 7) is -0.859. The van der Waals surface area contributed by atoms with Crippen LogP contribution in [0, 0.1) is 0 Å². The molecule has 0 fully saturated rings. The molecule has 0 radical (unpaired) electrons. The van der Waals surface area contributed by atoms with Crippen molar-refractivity contribution in [3.63, 3.8) is 0 Å². The summed E-state index contributed by atoms with van der Waals surface area (Å²) in [5.74, 6) is -3.62. The number of nitrogens with two attached hydrogens (primary N) is 1. The van der Waals surface area contributed by atoms with Crippen molar-refractivity contribution in [2.45, 2.75) is 43.4 Å². The van der Waals surface area contributed by atoms with Crippen LogP contribution in [-0.2, 0) is 38.4 Å². The number of amides is 3. The van der Waals surface area contributed by atoms with E-state index < -0.39 is 54.5 Å². The summed E-state index contributed by atoms with van der Waals surface area (Å²) in [7, 11) is 0. The molecule has 2 aromatic carbocycles. The van der Waals surface area contributed by atoms with E-state index in [1.54, 1.807) is 42.5 Å². The molecule has 0 bridgehead atoms. The number of phenolic OH excluding ortho intramolecular Hbond substituents is 1. The van der Waals surface area contributed by atoms with Crippen LogP contribution < -0.4 is 21.7 Å². The van der Waals surface area contributed by atoms with Crippen LogP contribution in [0.1, 0.15) is 16.8 Å². The number of aromatic hydroxyl groups is 1. The third-order valence-electron chi connectivity index (χ3n) is 6.05. The van der Waals surface area contributed by atoms with Gasteiger partial charge in [0.2, 0.25) is 17.7 Å². The third-order valence-corrected chi connectivity index (χ3v) is 6.05. The Morgan fingerprint density at radius 3 is 1.88 bits per heavy atom. The molecule has 1 aromatic heterocycles. The summed E-state index contributed by atoms with van der Waals surface area (Å²) in [5.41, 5.74) is 7.98. The highest BCUT2D eigenvalue weighted by Crippen LogP contribution is 2.12. The molecule has 212 valence electrons. The smallest absolute Gasteiger partial charge is 0.328 e. The second-order valence-corrected chi connectivity index (χ2v) is 9.15. The van der Waals surface area contributed by atoms with Crippen molar-refractivity contribution in [3.05, 3.63) is 83.9 Å². The number of rotatable bonds is 14. The van der Waals surface area contributed by atoms with E-state index in [-0.39, 0.29) is 25.0 Å². The molecule has 3 aromatic rings. The van der Waals surface area contributed by atoms with Crippen molar-refractivity contribution in [1.82, 2.24) is 25.9 Å². The van der Waals surface area contributed by atoms with E-state index >= 15 is 0 Å². The average molecular weight is 553 g/mol. The molecule has 0 saturated heterocycles. The average Bonchev–Trinajstić information content (AvgIpc) is 3.45. The molecule has 9 N–H and O–H groups in total. The maximum absolute atomic E-state index is 13.5. The molecule has 13 heteroatoms. The van der Waals surface area contributed by atoms with Crippen molar-refractivity contribution in [3.8, 4) is 5.75 Å². The number of hydrogen-bond donors (Lipinski definition) is 8. The summed E-state index contributed by atoms with van der Waals surface area (Å²) in [5, 5.41) is 35.6. The van der Waals surface area contributed by atoms with Gasteiger partial charge in [-0.15, -0.1) is 0 Å². The topological polar surface area (TPSA) is 220 Å². The number of phenols is 1. The normalized spacial score (nSPS) is 13.8. The number of aliphatic carboxylic acids is 1. The number of aliphatic hydroxyl groups excluding tert-OH is 1. The van der Waals surface area contributed by atoms with E-state index in [4.69, 9.17) is 5.73 Å². The van der Waals surface area contributed by atoms with E-state index in [1.807, 2.05) is 0 Å². The van der Waals surface area contributed by atoms with Gasteiger partial charge in [0, 0.05) is 31.2 Å². The van der Waals surface area contributed by atoms with E-state index in [0.717, 1.165) is 5.56 Å². The van der Waals surface area contributed by atoms with E-state index in [9.17, 15) is 34.5 Å². The molecule has 4 unspecified atom stereocenters. The molecule has 3 rings (SSSR count). The second-order valence-electron chi connectivity index (χ2n) is 9.15. The third kappa shape index (κ3) is 8.92. The lowest BCUT2D eigenvalue weighted by atomic mass is 10.0. The standard InChI is InChI=1S/C27H32N6O7/c28-20(12-18-13-29-15-30-18)24(36)31-21(10-16-4-2-1-3-5-16)25(37)32-22(11-17-6-8-19(35)9-7-17)26(38)33-23(14-34)27(39)40/h1-9,13,15,20-23,34-35H,10-12,14,28H2,(H,29,30)(H,31,36)(H,32,37)(H,33,38)(H,39,40). The van der Waals surface area contributed by atoms with E-state index in [0.29, 0.717) is 11.3 Å². The van der Waals surface area contributed by atoms with Crippen LogP contribution in [0.15, 0.2) is 67.1 Å². The Balaban J connectivity index is 1.81. The highest BCUT2D eigenvalue weighted by molar-refractivity contribution is 5.94. The first kappa shape index (κ1) is 29.8. The largest absolute Gasteiger partial charge is 0.508 e. The maximum atomic E-state index is 13.5. The van der Waals surface area contributed by atoms with Gasteiger partial charge < -0.3 is 42.0 Å². The number of aliphatic hydroxyl groups is 1. The Labute approximate surface area is 229 Å². The molecule has 0 saturated carbocycles. The van der Waals surface area contributed by atoms with Crippen molar-refractivity contribution < 1.29 is 34.5 Å². The van der Waals surface area contributed by atoms with Gasteiger partial charge in [-0.1, -0.05) is 42.5 Å². The fraction of sp³-hybridized carbons (Fsp3) is 0.296. The van der Waals surface area contributed by atoms with Crippen LogP contribution >= 0.6 is 0 Å². The SMILES string of the molecule is NC(Cc1cnc[nH]1)C(=O)NC(Cc1ccccc1)C(=O)NC(Cc1ccc(O)cc1)C(=O)NC(CO)C(=O)O. The van der Waals surface area contributed by atoms with Crippen LogP contribution in [-0.4, -0.2) is 79.8 Å². The summed E-state index contributed by atoms with van der Waals surface area (Å²) in [4.78, 5) is 57.6. The van der Waals surface area contributed by atoms with E-state index in [1.165, 1.54) is 24.7 Å². The van der Waals surface area contributed by atoms with Gasteiger partial charge in [-0.25, -0.2) is 9.78 Å². The first-order chi connectivity index (χ1) is 19.2. The number of carbonyl (C=O) groups is 4. The van der Waals surface area contributed by atoms with Crippen molar-refractivity contribution in [2.75, 3.05) is 6.61 Å². The summed E-state index contributed by atoms with van der Waals surface area (Å²) in [6, 6.07) is 9.79. The van der Waals surface area contributed by atoms with Gasteiger partial charge in [-0.2, -0.15) is 0 Å². The number of carbonyl (C=O) groups excluding carboxylic acids is 3. The molecule has 3 amide bonds. The number of hydrogen-bond acceptors (Lipinski definition) is 8. The summed E-state index contributed by atoms with van der Waals surface area (Å²) >= 11 is 0. The number of carboxylic acid groups (broad SMARTS) is 1. The first-order valence-corrected chi connectivity index (χ1v) is 12.5. The monoisotopic (exact) mass is 552 g/mol. The molecular weight excluding hydrogens is 520 g/mol. The van der Waals surface area contributed by atoms with Crippen LogP contribution in [0.3, 0.4) is 0 Å². The van der Waals surface area contributed by atoms with Gasteiger partial charge in [-0.3, -0.25) is 14.4 Å². The van der Waals surface area contributed by atoms with Gasteiger partial charge in [0.1, 0.15) is 23.9 Å². The molecule has 13 nitrogen and oxygen atoms in total. The number of benzene rings is 2. The minimum absolute atomic E-state index is 0.00267. The number of aromatic amines is 1. The summed E-state index contributed by atoms with van der Waals surface area (Å²) < 4.78 is 0. The van der Waals surface area contributed by atoms with Crippen molar-refractivity contribution in [1.29, 1.82) is 0 Å². The Hall–Kier alpha value is -4.75. The van der Waals surface area contributed by atoms with Gasteiger partial charge >= 0.3 is 5.97 Å². The Kier molecular flexibility index (Phi) is 10.7. The number of imidazole rings is 1. The zero-order chi connectivity index (χ0) is 29.1. The van der Waals surface area contributed by atoms with Gasteiger partial charge in [0.05, 0.1) is 19.0 Å². The highest BCUT2D eigenvalue weighted by Gasteiger charge is 2.30. The second kappa shape index (κ2) is 14.4. The van der Waals surface area contributed by atoms with Crippen LogP contribution in [0.2, 0.25) is 0 Å². The molecule has 1 heterocycles. The fourth-order valence-corrected chi connectivity index (χ4v) is 3.87. The zero-order valence-electron chi connectivity index (χ0n) is 21.5. The molecule has 0 aliphatic carbocycles. The predicted molar refractivity (Wildman–Crippen MR) is 143 cm³/mol. The molecule has 4 atom stereocenters. The number of H-pyrrole nitrogens is 1. The molecule has 0 aliphatic heterocycles. The number of carboxylic acids is 1. The lowest BCUT2D eigenvalue weighted by molar-refractivity contribution is -0.143. The minimum atomic E-state index is -1.59. The predicted octanol–water partition coefficient (Wildman–Crippen LogP) is -0.998. The lowest BCUT2D eigenvalue weighted by Crippen LogP contribution is -2.58. The molecule has 0 aliphatic rings. The highest BCUT2D eigenvalue weighted by atomic mass is 16.4. The fourth-order valence-electron chi connectivity index (χ4n) is 3.87. The Morgan fingerprint density at radius 1 is 0.800 bits per heavy atom. The van der Waals surface area contributed by atoms with Crippen molar-refractivity contribution in [2.24, 2.45) is 5.73 Å². The number of nitrogens with one attached hydrogen (secondary N) is 4. The molecule has 0 spiro atoms. The van der Waals surface area contributed by atoms with Gasteiger partial charge in [0.25, 0.3) is 0 Å². The molecular formula is C27H32N6O7. The number of aromatic nitrogens is 2. The van der Waals surface area contributed by atoms with Crippen LogP contribution in [0.4, 0.5) is 0 Å². The van der Waals surface area contributed by atoms with Crippen molar-refractivity contribution >= 4 is 23.7 Å². The minimum Gasteiger partial charge on any atom is -0.508 e. The zero-order valence-corrected chi connectivity index (χ0v) is 21.5. The van der Waals surface area contributed by atoms with Crippen LogP contribution in [0.5, 0.6) is 5.75 Å². The van der Waals surface area contributed by atoms with E-state index in [2.05, 4.69) is 25.9 Å². The first-order valence-electron chi connectivity index (χ1n) is 12.5. The molecule has 40 heavy (non-hydrogen) atoms. The van der Waals surface area contributed by atoms with Gasteiger partial charge in [-0.05, 0) is 23.3 Å². The lowest BCUT2D eigenvalue weighted by Gasteiger charge is -2.25.